The fourth-order valence-electron chi connectivity index (χ4n) is 3.13. The Labute approximate surface area is 172 Å². The monoisotopic (exact) mass is 404 g/mol. The molecule has 1 unspecified atom stereocenters. The highest BCUT2D eigenvalue weighted by molar-refractivity contribution is 5.90. The number of ketones is 1. The first-order chi connectivity index (χ1) is 13.7. The second-order valence-corrected chi connectivity index (χ2v) is 8.56. The molecule has 0 aliphatic heterocycles. The Hall–Kier alpha value is -2.41. The van der Waals surface area contributed by atoms with E-state index in [1.807, 2.05) is 30.3 Å². The molecule has 1 aromatic rings. The molecule has 0 radical (unpaired) electrons. The van der Waals surface area contributed by atoms with Gasteiger partial charge in [-0.25, -0.2) is 4.79 Å². The first kappa shape index (κ1) is 22.9. The standard InChI is InChI=1S/C22H32N2O5/c1-22(2,3)29-21(28)24-18(16-10-11-16)13-20(27)23-17(19(26)14-25)12-9-15-7-5-4-6-8-15/h4-8,16-18,25H,9-14H2,1-3H3,(H,23,27)(H,24,28)/t17-,18?/m0/s1. The maximum Gasteiger partial charge on any atom is 0.407 e. The normalized spacial score (nSPS) is 15.9. The number of aliphatic hydroxyl groups is 1. The number of benzene rings is 1. The number of aliphatic hydroxyl groups excluding tert-OH is 1. The highest BCUT2D eigenvalue weighted by atomic mass is 16.6. The third-order valence-electron chi connectivity index (χ3n) is 4.74. The van der Waals surface area contributed by atoms with Gasteiger partial charge in [0.2, 0.25) is 5.91 Å². The first-order valence-corrected chi connectivity index (χ1v) is 10.1. The van der Waals surface area contributed by atoms with E-state index in [0.717, 1.165) is 18.4 Å². The molecule has 3 N–H and O–H groups in total. The summed E-state index contributed by atoms with van der Waals surface area (Å²) in [5, 5.41) is 14.8. The van der Waals surface area contributed by atoms with Crippen molar-refractivity contribution in [3.05, 3.63) is 35.9 Å². The van der Waals surface area contributed by atoms with Crippen LogP contribution in [0.5, 0.6) is 0 Å². The van der Waals surface area contributed by atoms with Crippen molar-refractivity contribution in [2.24, 2.45) is 5.92 Å². The average molecular weight is 405 g/mol. The van der Waals surface area contributed by atoms with Gasteiger partial charge in [0.1, 0.15) is 12.2 Å². The molecule has 160 valence electrons. The van der Waals surface area contributed by atoms with Crippen molar-refractivity contribution in [3.8, 4) is 0 Å². The van der Waals surface area contributed by atoms with Crippen LogP contribution in [0.4, 0.5) is 4.79 Å². The van der Waals surface area contributed by atoms with Crippen molar-refractivity contribution in [1.82, 2.24) is 10.6 Å². The van der Waals surface area contributed by atoms with Crippen molar-refractivity contribution in [1.29, 1.82) is 0 Å². The lowest BCUT2D eigenvalue weighted by Gasteiger charge is -2.24. The minimum Gasteiger partial charge on any atom is -0.444 e. The van der Waals surface area contributed by atoms with E-state index >= 15 is 0 Å². The topological polar surface area (TPSA) is 105 Å². The Morgan fingerprint density at radius 2 is 1.79 bits per heavy atom. The van der Waals surface area contributed by atoms with E-state index in [1.165, 1.54) is 0 Å². The molecule has 7 heteroatoms. The number of hydrogen-bond donors (Lipinski definition) is 3. The molecule has 2 rings (SSSR count). The zero-order chi connectivity index (χ0) is 21.4. The van der Waals surface area contributed by atoms with Gasteiger partial charge in [-0.3, -0.25) is 9.59 Å². The number of carbonyl (C=O) groups excluding carboxylic acids is 3. The van der Waals surface area contributed by atoms with Crippen molar-refractivity contribution >= 4 is 17.8 Å². The van der Waals surface area contributed by atoms with Gasteiger partial charge in [-0.15, -0.1) is 0 Å². The summed E-state index contributed by atoms with van der Waals surface area (Å²) in [6, 6.07) is 8.57. The first-order valence-electron chi connectivity index (χ1n) is 10.1. The molecule has 0 bridgehead atoms. The Kier molecular flexibility index (Phi) is 8.20. The lowest BCUT2D eigenvalue weighted by atomic mass is 10.0. The number of aryl methyl sites for hydroxylation is 1. The lowest BCUT2D eigenvalue weighted by molar-refractivity contribution is -0.129. The third kappa shape index (κ3) is 8.64. The smallest absolute Gasteiger partial charge is 0.407 e. The van der Waals surface area contributed by atoms with E-state index in [-0.39, 0.29) is 24.3 Å². The second-order valence-electron chi connectivity index (χ2n) is 8.56. The molecule has 1 aliphatic rings. The minimum atomic E-state index is -0.755. The van der Waals surface area contributed by atoms with Crippen LogP contribution in [0.25, 0.3) is 0 Å². The molecule has 0 saturated heterocycles. The summed E-state index contributed by atoms with van der Waals surface area (Å²) in [6.45, 7) is 4.72. The summed E-state index contributed by atoms with van der Waals surface area (Å²) < 4.78 is 5.28. The van der Waals surface area contributed by atoms with Gasteiger partial charge in [0.15, 0.2) is 5.78 Å². The Morgan fingerprint density at radius 3 is 2.34 bits per heavy atom. The molecule has 2 amide bonds. The van der Waals surface area contributed by atoms with Gasteiger partial charge in [0.05, 0.1) is 6.04 Å². The SMILES string of the molecule is CC(C)(C)OC(=O)NC(CC(=O)N[C@@H](CCc1ccccc1)C(=O)CO)C1CC1. The molecule has 1 aromatic carbocycles. The summed E-state index contributed by atoms with van der Waals surface area (Å²) in [5.41, 5.74) is 0.441. The fourth-order valence-corrected chi connectivity index (χ4v) is 3.13. The molecular weight excluding hydrogens is 372 g/mol. The fraction of sp³-hybridized carbons (Fsp3) is 0.591. The zero-order valence-corrected chi connectivity index (χ0v) is 17.4. The van der Waals surface area contributed by atoms with E-state index in [4.69, 9.17) is 4.74 Å². The number of Topliss-reactive ketones (excluding diaryl/α,β-unsaturated/α-hetero) is 1. The van der Waals surface area contributed by atoms with Gasteiger partial charge in [-0.2, -0.15) is 0 Å². The summed E-state index contributed by atoms with van der Waals surface area (Å²) in [4.78, 5) is 36.7. The molecule has 7 nitrogen and oxygen atoms in total. The van der Waals surface area contributed by atoms with Crippen LogP contribution in [0.1, 0.15) is 52.0 Å². The highest BCUT2D eigenvalue weighted by Gasteiger charge is 2.35. The van der Waals surface area contributed by atoms with Crippen LogP contribution in [0, 0.1) is 5.92 Å². The number of ether oxygens (including phenoxy) is 1. The number of alkyl carbamates (subject to hydrolysis) is 1. The van der Waals surface area contributed by atoms with E-state index in [0.29, 0.717) is 12.8 Å². The molecule has 0 spiro atoms. The van der Waals surface area contributed by atoms with Crippen LogP contribution in [-0.4, -0.2) is 47.2 Å². The number of nitrogens with one attached hydrogen (secondary N) is 2. The predicted octanol–water partition coefficient (Wildman–Crippen LogP) is 2.36. The van der Waals surface area contributed by atoms with Crippen LogP contribution >= 0.6 is 0 Å². The van der Waals surface area contributed by atoms with Crippen LogP contribution in [0.15, 0.2) is 30.3 Å². The van der Waals surface area contributed by atoms with Gasteiger partial charge in [-0.1, -0.05) is 30.3 Å². The summed E-state index contributed by atoms with van der Waals surface area (Å²) in [5.74, 6) is -0.500. The number of amides is 2. The Bertz CT molecular complexity index is 695. The molecular formula is C22H32N2O5. The van der Waals surface area contributed by atoms with Gasteiger partial charge in [0, 0.05) is 12.5 Å². The summed E-state index contributed by atoms with van der Waals surface area (Å²) >= 11 is 0. The molecule has 1 aliphatic carbocycles. The van der Waals surface area contributed by atoms with Gasteiger partial charge in [-0.05, 0) is 57.9 Å². The largest absolute Gasteiger partial charge is 0.444 e. The van der Waals surface area contributed by atoms with Crippen LogP contribution in [0.3, 0.4) is 0 Å². The zero-order valence-electron chi connectivity index (χ0n) is 17.4. The molecule has 0 heterocycles. The van der Waals surface area contributed by atoms with Crippen LogP contribution < -0.4 is 10.6 Å². The summed E-state index contributed by atoms with van der Waals surface area (Å²) in [7, 11) is 0. The number of hydrogen-bond acceptors (Lipinski definition) is 5. The van der Waals surface area contributed by atoms with Crippen LogP contribution in [-0.2, 0) is 20.7 Å². The van der Waals surface area contributed by atoms with E-state index in [9.17, 15) is 19.5 Å². The molecule has 1 saturated carbocycles. The predicted molar refractivity (Wildman–Crippen MR) is 109 cm³/mol. The van der Waals surface area contributed by atoms with Crippen molar-refractivity contribution in [2.75, 3.05) is 6.61 Å². The van der Waals surface area contributed by atoms with Gasteiger partial charge < -0.3 is 20.5 Å². The minimum absolute atomic E-state index is 0.0739. The third-order valence-corrected chi connectivity index (χ3v) is 4.74. The maximum absolute atomic E-state index is 12.6. The number of carbonyl (C=O) groups is 3. The Morgan fingerprint density at radius 1 is 1.14 bits per heavy atom. The average Bonchev–Trinajstić information content (AvgIpc) is 3.48. The van der Waals surface area contributed by atoms with Gasteiger partial charge >= 0.3 is 6.09 Å². The van der Waals surface area contributed by atoms with E-state index < -0.39 is 30.1 Å². The quantitative estimate of drug-likeness (QED) is 0.555. The highest BCUT2D eigenvalue weighted by Crippen LogP contribution is 2.34. The summed E-state index contributed by atoms with van der Waals surface area (Å²) in [6.07, 6.45) is 2.43. The molecule has 29 heavy (non-hydrogen) atoms. The number of rotatable bonds is 10. The van der Waals surface area contributed by atoms with Crippen LogP contribution in [0.2, 0.25) is 0 Å². The van der Waals surface area contributed by atoms with Crippen molar-refractivity contribution < 1.29 is 24.2 Å². The lowest BCUT2D eigenvalue weighted by Crippen LogP contribution is -2.47. The molecule has 1 fully saturated rings. The van der Waals surface area contributed by atoms with Crippen molar-refractivity contribution in [2.45, 2.75) is 70.6 Å². The van der Waals surface area contributed by atoms with E-state index in [2.05, 4.69) is 10.6 Å². The maximum atomic E-state index is 12.6. The van der Waals surface area contributed by atoms with Gasteiger partial charge in [0.25, 0.3) is 0 Å². The van der Waals surface area contributed by atoms with E-state index in [1.54, 1.807) is 20.8 Å². The molecule has 2 atom stereocenters. The van der Waals surface area contributed by atoms with Crippen molar-refractivity contribution in [3.63, 3.8) is 0 Å². The Balaban J connectivity index is 1.91. The molecule has 0 aromatic heterocycles. The second kappa shape index (κ2) is 10.4.